The molecule has 3 rings (SSSR count). The van der Waals surface area contributed by atoms with Gasteiger partial charge < -0.3 is 9.73 Å². The molecule has 7 heteroatoms. The number of halogens is 2. The van der Waals surface area contributed by atoms with E-state index in [0.717, 1.165) is 34.0 Å². The highest BCUT2D eigenvalue weighted by molar-refractivity contribution is 9.13. The Hall–Kier alpha value is -0.530. The minimum atomic E-state index is 0.628. The molecule has 0 atom stereocenters. The van der Waals surface area contributed by atoms with Crippen LogP contribution in [0.1, 0.15) is 18.2 Å². The van der Waals surface area contributed by atoms with E-state index in [4.69, 9.17) is 4.42 Å². The molecule has 0 radical (unpaired) electrons. The molecule has 1 N–H and O–H groups in total. The first-order chi connectivity index (χ1) is 9.19. The summed E-state index contributed by atoms with van der Waals surface area (Å²) in [4.78, 5) is 9.20. The average Bonchev–Trinajstić information content (AvgIpc) is 2.97. The largest absolute Gasteiger partial charge is 0.445 e. The van der Waals surface area contributed by atoms with Crippen molar-refractivity contribution in [3.05, 3.63) is 26.5 Å². The summed E-state index contributed by atoms with van der Waals surface area (Å²) in [7, 11) is 0. The fourth-order valence-electron chi connectivity index (χ4n) is 1.93. The molecule has 1 aliphatic rings. The van der Waals surface area contributed by atoms with Gasteiger partial charge in [-0.15, -0.1) is 0 Å². The van der Waals surface area contributed by atoms with Crippen molar-refractivity contribution >= 4 is 49.4 Å². The summed E-state index contributed by atoms with van der Waals surface area (Å²) in [5.74, 6) is 4.13. The smallest absolute Gasteiger partial charge is 0.198 e. The lowest BCUT2D eigenvalue weighted by molar-refractivity contribution is 0.549. The van der Waals surface area contributed by atoms with Gasteiger partial charge in [0.2, 0.25) is 0 Å². The van der Waals surface area contributed by atoms with Crippen molar-refractivity contribution in [1.29, 1.82) is 0 Å². The zero-order chi connectivity index (χ0) is 13.4. The first-order valence-corrected chi connectivity index (χ1v) is 8.59. The lowest BCUT2D eigenvalue weighted by atomic mass is 10.2. The molecule has 0 aliphatic carbocycles. The molecule has 4 nitrogen and oxygen atoms in total. The Balaban J connectivity index is 2.09. The van der Waals surface area contributed by atoms with Crippen LogP contribution in [0.2, 0.25) is 0 Å². The highest BCUT2D eigenvalue weighted by atomic mass is 79.9. The van der Waals surface area contributed by atoms with Gasteiger partial charge in [-0.2, -0.15) is 11.8 Å². The zero-order valence-electron chi connectivity index (χ0n) is 10.2. The SMILES string of the molecule is CCNc1nc(-c2cc(Br)c(Br)o2)nc2c1CSC2. The van der Waals surface area contributed by atoms with Gasteiger partial charge in [0.15, 0.2) is 16.3 Å². The Labute approximate surface area is 132 Å². The van der Waals surface area contributed by atoms with E-state index >= 15 is 0 Å². The summed E-state index contributed by atoms with van der Waals surface area (Å²) in [5.41, 5.74) is 2.33. The number of hydrogen-bond donors (Lipinski definition) is 1. The van der Waals surface area contributed by atoms with Crippen LogP contribution in [-0.4, -0.2) is 16.5 Å². The number of rotatable bonds is 3. The molecule has 0 aromatic carbocycles. The van der Waals surface area contributed by atoms with Crippen LogP contribution < -0.4 is 5.32 Å². The molecule has 0 saturated carbocycles. The summed E-state index contributed by atoms with van der Waals surface area (Å²) in [5, 5.41) is 3.31. The van der Waals surface area contributed by atoms with Crippen LogP contribution in [0.3, 0.4) is 0 Å². The second-order valence-corrected chi connectivity index (χ2v) is 6.64. The Morgan fingerprint density at radius 2 is 2.21 bits per heavy atom. The van der Waals surface area contributed by atoms with Crippen molar-refractivity contribution in [2.75, 3.05) is 11.9 Å². The third-order valence-corrected chi connectivity index (χ3v) is 5.47. The molecule has 0 fully saturated rings. The van der Waals surface area contributed by atoms with Crippen LogP contribution >= 0.6 is 43.6 Å². The molecule has 100 valence electrons. The summed E-state index contributed by atoms with van der Waals surface area (Å²) in [6.07, 6.45) is 0. The quantitative estimate of drug-likeness (QED) is 0.819. The number of nitrogens with one attached hydrogen (secondary N) is 1. The van der Waals surface area contributed by atoms with Crippen molar-refractivity contribution in [2.45, 2.75) is 18.4 Å². The predicted molar refractivity (Wildman–Crippen MR) is 84.3 cm³/mol. The van der Waals surface area contributed by atoms with Gasteiger partial charge in [0.05, 0.1) is 10.2 Å². The molecule has 0 bridgehead atoms. The summed E-state index contributed by atoms with van der Waals surface area (Å²) in [6.45, 7) is 2.91. The number of hydrogen-bond acceptors (Lipinski definition) is 5. The Bertz CT molecular complexity index is 610. The van der Waals surface area contributed by atoms with Crippen LogP contribution in [-0.2, 0) is 11.5 Å². The Morgan fingerprint density at radius 1 is 1.37 bits per heavy atom. The van der Waals surface area contributed by atoms with Gasteiger partial charge in [-0.05, 0) is 38.8 Å². The second-order valence-electron chi connectivity index (χ2n) is 4.08. The molecular formula is C12H11Br2N3OS. The number of nitrogens with zero attached hydrogens (tertiary/aromatic N) is 2. The average molecular weight is 405 g/mol. The van der Waals surface area contributed by atoms with Crippen molar-refractivity contribution < 1.29 is 4.42 Å². The lowest BCUT2D eigenvalue weighted by Crippen LogP contribution is -2.06. The molecule has 0 amide bonds. The maximum absolute atomic E-state index is 5.60. The molecule has 2 aromatic rings. The summed E-state index contributed by atoms with van der Waals surface area (Å²) >= 11 is 8.61. The Kier molecular flexibility index (Phi) is 3.86. The van der Waals surface area contributed by atoms with Gasteiger partial charge in [0.25, 0.3) is 0 Å². The third kappa shape index (κ3) is 2.55. The topological polar surface area (TPSA) is 51.0 Å². The predicted octanol–water partition coefficient (Wildman–Crippen LogP) is 4.44. The van der Waals surface area contributed by atoms with E-state index < -0.39 is 0 Å². The number of fused-ring (bicyclic) bond motifs is 1. The van der Waals surface area contributed by atoms with Gasteiger partial charge in [-0.25, -0.2) is 9.97 Å². The minimum absolute atomic E-state index is 0.628. The van der Waals surface area contributed by atoms with Crippen molar-refractivity contribution in [3.8, 4) is 11.6 Å². The minimum Gasteiger partial charge on any atom is -0.445 e. The first-order valence-electron chi connectivity index (χ1n) is 5.85. The maximum Gasteiger partial charge on any atom is 0.198 e. The highest BCUT2D eigenvalue weighted by Gasteiger charge is 2.21. The van der Waals surface area contributed by atoms with E-state index in [-0.39, 0.29) is 0 Å². The van der Waals surface area contributed by atoms with Gasteiger partial charge in [-0.3, -0.25) is 0 Å². The zero-order valence-corrected chi connectivity index (χ0v) is 14.2. The number of aromatic nitrogens is 2. The van der Waals surface area contributed by atoms with Gasteiger partial charge in [0, 0.05) is 29.7 Å². The molecular weight excluding hydrogens is 394 g/mol. The molecule has 0 unspecified atom stereocenters. The van der Waals surface area contributed by atoms with E-state index in [1.165, 1.54) is 5.56 Å². The number of anilines is 1. The van der Waals surface area contributed by atoms with E-state index in [1.54, 1.807) is 0 Å². The monoisotopic (exact) mass is 403 g/mol. The van der Waals surface area contributed by atoms with Crippen molar-refractivity contribution in [2.24, 2.45) is 0 Å². The van der Waals surface area contributed by atoms with Crippen LogP contribution in [0.5, 0.6) is 0 Å². The molecule has 0 spiro atoms. The molecule has 0 saturated heterocycles. The molecule has 1 aliphatic heterocycles. The van der Waals surface area contributed by atoms with Crippen LogP contribution in [0.4, 0.5) is 5.82 Å². The van der Waals surface area contributed by atoms with Crippen molar-refractivity contribution in [1.82, 2.24) is 9.97 Å². The highest BCUT2D eigenvalue weighted by Crippen LogP contribution is 2.36. The van der Waals surface area contributed by atoms with Crippen molar-refractivity contribution in [3.63, 3.8) is 0 Å². The normalized spacial score (nSPS) is 13.6. The fourth-order valence-corrected chi connectivity index (χ4v) is 3.55. The fraction of sp³-hybridized carbons (Fsp3) is 0.333. The summed E-state index contributed by atoms with van der Waals surface area (Å²) < 4.78 is 7.13. The standard InChI is InChI=1S/C12H11Br2N3OS/c1-2-15-11-6-4-19-5-8(6)16-12(17-11)9-3-7(13)10(14)18-9/h3H,2,4-5H2,1H3,(H,15,16,17). The third-order valence-electron chi connectivity index (χ3n) is 2.79. The van der Waals surface area contributed by atoms with E-state index in [2.05, 4.69) is 54.1 Å². The molecule has 3 heterocycles. The van der Waals surface area contributed by atoms with E-state index in [0.29, 0.717) is 16.3 Å². The second kappa shape index (κ2) is 5.46. The summed E-state index contributed by atoms with van der Waals surface area (Å²) in [6, 6.07) is 1.88. The lowest BCUT2D eigenvalue weighted by Gasteiger charge is -2.09. The van der Waals surface area contributed by atoms with Gasteiger partial charge >= 0.3 is 0 Å². The van der Waals surface area contributed by atoms with Crippen LogP contribution in [0.15, 0.2) is 19.6 Å². The van der Waals surface area contributed by atoms with Gasteiger partial charge in [0.1, 0.15) is 5.82 Å². The maximum atomic E-state index is 5.60. The van der Waals surface area contributed by atoms with Crippen LogP contribution in [0.25, 0.3) is 11.6 Å². The first kappa shape index (κ1) is 13.5. The van der Waals surface area contributed by atoms with Gasteiger partial charge in [-0.1, -0.05) is 0 Å². The van der Waals surface area contributed by atoms with E-state index in [1.807, 2.05) is 17.8 Å². The number of furan rings is 1. The molecule has 19 heavy (non-hydrogen) atoms. The molecule has 2 aromatic heterocycles. The van der Waals surface area contributed by atoms with E-state index in [9.17, 15) is 0 Å². The Morgan fingerprint density at radius 3 is 2.89 bits per heavy atom. The number of thioether (sulfide) groups is 1. The van der Waals surface area contributed by atoms with Crippen LogP contribution in [0, 0.1) is 0 Å².